The fraction of sp³-hybridized carbons (Fsp3) is 0.462. The Hall–Kier alpha value is -1.13. The highest BCUT2D eigenvalue weighted by Crippen LogP contribution is 2.38. The van der Waals surface area contributed by atoms with Gasteiger partial charge in [-0.05, 0) is 36.8 Å². The van der Waals surface area contributed by atoms with Gasteiger partial charge >= 0.3 is 0 Å². The molecular weight excluding hydrogens is 230 g/mol. The van der Waals surface area contributed by atoms with Crippen LogP contribution in [0.15, 0.2) is 30.0 Å². The van der Waals surface area contributed by atoms with Crippen LogP contribution in [0.4, 0.5) is 0 Å². The summed E-state index contributed by atoms with van der Waals surface area (Å²) in [7, 11) is 0. The fourth-order valence-electron chi connectivity index (χ4n) is 2.84. The van der Waals surface area contributed by atoms with E-state index in [9.17, 15) is 0 Å². The summed E-state index contributed by atoms with van der Waals surface area (Å²) in [6, 6.07) is 4.79. The zero-order valence-electron chi connectivity index (χ0n) is 9.75. The van der Waals surface area contributed by atoms with Gasteiger partial charge in [0.1, 0.15) is 0 Å². The van der Waals surface area contributed by atoms with Crippen molar-refractivity contribution in [2.24, 2.45) is 11.7 Å². The lowest BCUT2D eigenvalue weighted by atomic mass is 10.0. The number of thiophene rings is 1. The lowest BCUT2D eigenvalue weighted by Crippen LogP contribution is -2.21. The van der Waals surface area contributed by atoms with Gasteiger partial charge in [-0.25, -0.2) is 4.98 Å². The smallest absolute Gasteiger partial charge is 0.0953 e. The maximum Gasteiger partial charge on any atom is 0.0953 e. The number of aromatic nitrogens is 2. The van der Waals surface area contributed by atoms with Gasteiger partial charge in [0, 0.05) is 6.04 Å². The van der Waals surface area contributed by atoms with Crippen molar-refractivity contribution in [2.45, 2.75) is 25.3 Å². The first-order chi connectivity index (χ1) is 8.40. The van der Waals surface area contributed by atoms with Gasteiger partial charge < -0.3 is 10.3 Å². The number of nitrogens with two attached hydrogens (primary N) is 1. The van der Waals surface area contributed by atoms with Crippen LogP contribution in [0, 0.1) is 5.92 Å². The average Bonchev–Trinajstić information content (AvgIpc) is 3.09. The third-order valence-corrected chi connectivity index (χ3v) is 4.61. The lowest BCUT2D eigenvalue weighted by molar-refractivity contribution is 0.390. The van der Waals surface area contributed by atoms with Crippen LogP contribution < -0.4 is 5.73 Å². The van der Waals surface area contributed by atoms with Crippen molar-refractivity contribution in [1.82, 2.24) is 9.55 Å². The number of rotatable bonds is 3. The number of hydrogen-bond donors (Lipinski definition) is 1. The van der Waals surface area contributed by atoms with Crippen molar-refractivity contribution in [1.29, 1.82) is 0 Å². The minimum Gasteiger partial charge on any atom is -0.330 e. The first kappa shape index (κ1) is 11.0. The molecule has 0 saturated heterocycles. The normalized spacial score (nSPS) is 24.3. The second kappa shape index (κ2) is 4.63. The Balaban J connectivity index is 1.96. The third-order valence-electron chi connectivity index (χ3n) is 3.72. The molecule has 2 unspecified atom stereocenters. The molecule has 3 rings (SSSR count). The van der Waals surface area contributed by atoms with E-state index in [2.05, 4.69) is 27.1 Å². The van der Waals surface area contributed by atoms with Crippen LogP contribution in [0.25, 0.3) is 10.6 Å². The molecule has 2 N–H and O–H groups in total. The van der Waals surface area contributed by atoms with Crippen LogP contribution in [-0.2, 0) is 0 Å². The zero-order chi connectivity index (χ0) is 11.7. The van der Waals surface area contributed by atoms with Crippen LogP contribution in [0.1, 0.15) is 25.3 Å². The largest absolute Gasteiger partial charge is 0.330 e. The Labute approximate surface area is 105 Å². The number of hydrogen-bond acceptors (Lipinski definition) is 3. The Morgan fingerprint density at radius 3 is 3.18 bits per heavy atom. The highest BCUT2D eigenvalue weighted by molar-refractivity contribution is 7.13. The first-order valence-corrected chi connectivity index (χ1v) is 7.04. The van der Waals surface area contributed by atoms with Crippen molar-refractivity contribution in [2.75, 3.05) is 6.54 Å². The molecule has 0 aliphatic heterocycles. The van der Waals surface area contributed by atoms with E-state index in [-0.39, 0.29) is 0 Å². The summed E-state index contributed by atoms with van der Waals surface area (Å²) in [5, 5.41) is 2.11. The van der Waals surface area contributed by atoms with E-state index in [4.69, 9.17) is 5.73 Å². The van der Waals surface area contributed by atoms with Crippen LogP contribution in [0.3, 0.4) is 0 Å². The maximum absolute atomic E-state index is 5.87. The van der Waals surface area contributed by atoms with Gasteiger partial charge in [-0.1, -0.05) is 12.5 Å². The summed E-state index contributed by atoms with van der Waals surface area (Å²) < 4.78 is 2.33. The average molecular weight is 247 g/mol. The van der Waals surface area contributed by atoms with Gasteiger partial charge in [-0.2, -0.15) is 0 Å². The Bertz CT molecular complexity index is 475. The first-order valence-electron chi connectivity index (χ1n) is 6.16. The summed E-state index contributed by atoms with van der Waals surface area (Å²) in [6.07, 6.45) is 7.71. The number of imidazole rings is 1. The van der Waals surface area contributed by atoms with E-state index < -0.39 is 0 Å². The molecule has 0 aromatic carbocycles. The van der Waals surface area contributed by atoms with E-state index in [1.165, 1.54) is 29.8 Å². The standard InChI is InChI=1S/C13H17N3S/c14-7-10-3-1-4-11(10)16-9-15-8-12(16)13-5-2-6-17-13/h2,5-6,8-11H,1,3-4,7,14H2. The molecule has 17 heavy (non-hydrogen) atoms. The maximum atomic E-state index is 5.87. The van der Waals surface area contributed by atoms with Gasteiger partial charge in [0.25, 0.3) is 0 Å². The molecule has 2 atom stereocenters. The van der Waals surface area contributed by atoms with Crippen molar-refractivity contribution in [3.8, 4) is 10.6 Å². The predicted molar refractivity (Wildman–Crippen MR) is 71.0 cm³/mol. The van der Waals surface area contributed by atoms with E-state index in [1.54, 1.807) is 11.3 Å². The van der Waals surface area contributed by atoms with Gasteiger partial charge in [-0.15, -0.1) is 11.3 Å². The van der Waals surface area contributed by atoms with Gasteiger partial charge in [0.2, 0.25) is 0 Å². The molecule has 2 aromatic heterocycles. The second-order valence-corrected chi connectivity index (χ2v) is 5.61. The lowest BCUT2D eigenvalue weighted by Gasteiger charge is -2.21. The van der Waals surface area contributed by atoms with Gasteiger partial charge in [0.05, 0.1) is 23.1 Å². The molecule has 1 aliphatic rings. The van der Waals surface area contributed by atoms with Gasteiger partial charge in [0.15, 0.2) is 0 Å². The quantitative estimate of drug-likeness (QED) is 0.906. The van der Waals surface area contributed by atoms with Crippen molar-refractivity contribution >= 4 is 11.3 Å². The Morgan fingerprint density at radius 2 is 2.41 bits per heavy atom. The van der Waals surface area contributed by atoms with Crippen molar-refractivity contribution in [3.05, 3.63) is 30.0 Å². The second-order valence-electron chi connectivity index (χ2n) is 4.66. The summed E-state index contributed by atoms with van der Waals surface area (Å²) in [5.41, 5.74) is 7.11. The van der Waals surface area contributed by atoms with E-state index >= 15 is 0 Å². The molecule has 3 nitrogen and oxygen atoms in total. The molecule has 0 spiro atoms. The monoisotopic (exact) mass is 247 g/mol. The molecule has 1 saturated carbocycles. The minimum atomic E-state index is 0.541. The van der Waals surface area contributed by atoms with Crippen molar-refractivity contribution < 1.29 is 0 Å². The molecule has 2 heterocycles. The fourth-order valence-corrected chi connectivity index (χ4v) is 3.58. The molecule has 4 heteroatoms. The van der Waals surface area contributed by atoms with Crippen LogP contribution >= 0.6 is 11.3 Å². The molecule has 0 radical (unpaired) electrons. The van der Waals surface area contributed by atoms with E-state index in [1.807, 2.05) is 12.5 Å². The highest BCUT2D eigenvalue weighted by atomic mass is 32.1. The predicted octanol–water partition coefficient (Wildman–Crippen LogP) is 2.91. The minimum absolute atomic E-state index is 0.541. The summed E-state index contributed by atoms with van der Waals surface area (Å²) in [4.78, 5) is 5.62. The Kier molecular flexibility index (Phi) is 2.99. The topological polar surface area (TPSA) is 43.8 Å². The van der Waals surface area contributed by atoms with Crippen LogP contribution in [-0.4, -0.2) is 16.1 Å². The van der Waals surface area contributed by atoms with Gasteiger partial charge in [-0.3, -0.25) is 0 Å². The molecule has 2 aromatic rings. The van der Waals surface area contributed by atoms with Crippen LogP contribution in [0.5, 0.6) is 0 Å². The molecule has 90 valence electrons. The molecule has 1 aliphatic carbocycles. The SMILES string of the molecule is NCC1CCCC1n1cncc1-c1cccs1. The number of nitrogens with zero attached hydrogens (tertiary/aromatic N) is 2. The van der Waals surface area contributed by atoms with E-state index in [0.717, 1.165) is 6.54 Å². The van der Waals surface area contributed by atoms with Crippen molar-refractivity contribution in [3.63, 3.8) is 0 Å². The molecule has 0 amide bonds. The third kappa shape index (κ3) is 1.91. The molecule has 0 bridgehead atoms. The molecule has 1 fully saturated rings. The summed E-state index contributed by atoms with van der Waals surface area (Å²) >= 11 is 1.77. The zero-order valence-corrected chi connectivity index (χ0v) is 10.6. The summed E-state index contributed by atoms with van der Waals surface area (Å²) in [6.45, 7) is 0.784. The van der Waals surface area contributed by atoms with Crippen LogP contribution in [0.2, 0.25) is 0 Å². The highest BCUT2D eigenvalue weighted by Gasteiger charge is 2.28. The summed E-state index contributed by atoms with van der Waals surface area (Å²) in [5.74, 6) is 0.614. The molecular formula is C13H17N3S. The van der Waals surface area contributed by atoms with E-state index in [0.29, 0.717) is 12.0 Å². The Morgan fingerprint density at radius 1 is 1.47 bits per heavy atom.